The number of nitrogens with zero attached hydrogens (tertiary/aromatic N) is 3. The molecule has 2 rings (SSSR count). The Morgan fingerprint density at radius 3 is 2.93 bits per heavy atom. The number of nitrogens with one attached hydrogen (secondary N) is 1. The molecule has 0 bridgehead atoms. The number of rotatable bonds is 3. The summed E-state index contributed by atoms with van der Waals surface area (Å²) >= 11 is 1.69. The molecule has 0 fully saturated rings. The van der Waals surface area contributed by atoms with Gasteiger partial charge in [0.05, 0.1) is 6.04 Å². The van der Waals surface area contributed by atoms with Crippen LogP contribution in [0.5, 0.6) is 0 Å². The number of aromatic nitrogens is 3. The van der Waals surface area contributed by atoms with E-state index in [0.29, 0.717) is 0 Å². The van der Waals surface area contributed by atoms with Crippen molar-refractivity contribution in [1.82, 2.24) is 15.2 Å². The molecule has 2 heterocycles. The Morgan fingerprint density at radius 1 is 1.47 bits per heavy atom. The molecular formula is C10H12N4S. The topological polar surface area (TPSA) is 50.7 Å². The third-order valence-corrected chi connectivity index (χ3v) is 3.04. The normalized spacial score (nSPS) is 12.4. The lowest BCUT2D eigenvalue weighted by Crippen LogP contribution is -2.07. The molecule has 0 saturated carbocycles. The number of anilines is 1. The van der Waals surface area contributed by atoms with Gasteiger partial charge in [-0.15, -0.1) is 16.4 Å². The molecule has 0 radical (unpaired) electrons. The van der Waals surface area contributed by atoms with Gasteiger partial charge < -0.3 is 5.32 Å². The second-order valence-electron chi connectivity index (χ2n) is 3.28. The van der Waals surface area contributed by atoms with Crippen LogP contribution in [0.1, 0.15) is 22.9 Å². The molecular weight excluding hydrogens is 208 g/mol. The minimum atomic E-state index is 0.167. The zero-order valence-electron chi connectivity index (χ0n) is 8.64. The van der Waals surface area contributed by atoms with E-state index < -0.39 is 0 Å². The SMILES string of the molecule is Cc1cnc(C(C)Nc2cccnn2)s1. The van der Waals surface area contributed by atoms with Gasteiger partial charge >= 0.3 is 0 Å². The van der Waals surface area contributed by atoms with Gasteiger partial charge in [0, 0.05) is 17.3 Å². The second-order valence-corrected chi connectivity index (χ2v) is 4.55. The highest BCUT2D eigenvalue weighted by Gasteiger charge is 2.09. The first-order valence-corrected chi connectivity index (χ1v) is 5.54. The maximum atomic E-state index is 4.32. The summed E-state index contributed by atoms with van der Waals surface area (Å²) in [4.78, 5) is 5.54. The van der Waals surface area contributed by atoms with Crippen LogP contribution in [0.4, 0.5) is 5.82 Å². The molecule has 4 nitrogen and oxygen atoms in total. The minimum absolute atomic E-state index is 0.167. The lowest BCUT2D eigenvalue weighted by Gasteiger charge is -2.10. The largest absolute Gasteiger partial charge is 0.360 e. The molecule has 1 N–H and O–H groups in total. The van der Waals surface area contributed by atoms with Crippen LogP contribution in [0, 0.1) is 6.92 Å². The summed E-state index contributed by atoms with van der Waals surface area (Å²) in [5, 5.41) is 12.1. The van der Waals surface area contributed by atoms with Gasteiger partial charge in [0.15, 0.2) is 0 Å². The van der Waals surface area contributed by atoms with Gasteiger partial charge in [-0.25, -0.2) is 4.98 Å². The number of thiazole rings is 1. The standard InChI is InChI=1S/C10H12N4S/c1-7-6-11-10(15-7)8(2)13-9-4-3-5-12-14-9/h3-6,8H,1-2H3,(H,13,14). The Hall–Kier alpha value is -1.49. The first kappa shape index (κ1) is 10.0. The Labute approximate surface area is 92.4 Å². The summed E-state index contributed by atoms with van der Waals surface area (Å²) in [6, 6.07) is 3.92. The van der Waals surface area contributed by atoms with E-state index in [0.717, 1.165) is 10.8 Å². The Morgan fingerprint density at radius 2 is 2.33 bits per heavy atom. The Balaban J connectivity index is 2.07. The van der Waals surface area contributed by atoms with Gasteiger partial charge in [-0.05, 0) is 26.0 Å². The van der Waals surface area contributed by atoms with E-state index in [4.69, 9.17) is 0 Å². The van der Waals surface area contributed by atoms with Crippen molar-refractivity contribution < 1.29 is 0 Å². The molecule has 0 spiro atoms. The zero-order chi connectivity index (χ0) is 10.7. The van der Waals surface area contributed by atoms with E-state index in [9.17, 15) is 0 Å². The predicted molar refractivity (Wildman–Crippen MR) is 60.9 cm³/mol. The summed E-state index contributed by atoms with van der Waals surface area (Å²) in [5.41, 5.74) is 0. The van der Waals surface area contributed by atoms with E-state index in [1.165, 1.54) is 4.88 Å². The van der Waals surface area contributed by atoms with Gasteiger partial charge in [0.2, 0.25) is 0 Å². The van der Waals surface area contributed by atoms with Crippen LogP contribution >= 0.6 is 11.3 Å². The molecule has 78 valence electrons. The van der Waals surface area contributed by atoms with Crippen LogP contribution < -0.4 is 5.32 Å². The van der Waals surface area contributed by atoms with Crippen molar-refractivity contribution in [3.05, 3.63) is 34.4 Å². The predicted octanol–water partition coefficient (Wildman–Crippen LogP) is 2.41. The quantitative estimate of drug-likeness (QED) is 0.863. The first-order chi connectivity index (χ1) is 7.25. The monoisotopic (exact) mass is 220 g/mol. The van der Waals surface area contributed by atoms with E-state index >= 15 is 0 Å². The number of aryl methyl sites for hydroxylation is 1. The highest BCUT2D eigenvalue weighted by atomic mass is 32.1. The highest BCUT2D eigenvalue weighted by Crippen LogP contribution is 2.21. The summed E-state index contributed by atoms with van der Waals surface area (Å²) in [7, 11) is 0. The number of hydrogen-bond donors (Lipinski definition) is 1. The summed E-state index contributed by atoms with van der Waals surface area (Å²) in [6.45, 7) is 4.11. The van der Waals surface area contributed by atoms with E-state index in [-0.39, 0.29) is 6.04 Å². The van der Waals surface area contributed by atoms with Crippen LogP contribution in [0.3, 0.4) is 0 Å². The molecule has 0 aliphatic heterocycles. The van der Waals surface area contributed by atoms with Crippen LogP contribution in [0.2, 0.25) is 0 Å². The third kappa shape index (κ3) is 2.50. The average molecular weight is 220 g/mol. The van der Waals surface area contributed by atoms with Crippen molar-refractivity contribution >= 4 is 17.2 Å². The Kier molecular flexibility index (Phi) is 2.91. The molecule has 0 saturated heterocycles. The van der Waals surface area contributed by atoms with Crippen molar-refractivity contribution in [2.75, 3.05) is 5.32 Å². The summed E-state index contributed by atoms with van der Waals surface area (Å²) in [6.07, 6.45) is 3.54. The van der Waals surface area contributed by atoms with Gasteiger partial charge in [0.1, 0.15) is 10.8 Å². The fourth-order valence-electron chi connectivity index (χ4n) is 1.23. The molecule has 0 amide bonds. The van der Waals surface area contributed by atoms with Crippen molar-refractivity contribution in [2.45, 2.75) is 19.9 Å². The van der Waals surface area contributed by atoms with Crippen LogP contribution in [-0.4, -0.2) is 15.2 Å². The molecule has 2 aromatic heterocycles. The van der Waals surface area contributed by atoms with Crippen LogP contribution in [-0.2, 0) is 0 Å². The second kappa shape index (κ2) is 4.35. The first-order valence-electron chi connectivity index (χ1n) is 4.72. The molecule has 2 aromatic rings. The van der Waals surface area contributed by atoms with Crippen molar-refractivity contribution in [1.29, 1.82) is 0 Å². The van der Waals surface area contributed by atoms with Gasteiger partial charge in [-0.1, -0.05) is 0 Å². The van der Waals surface area contributed by atoms with Gasteiger partial charge in [-0.3, -0.25) is 0 Å². The lowest BCUT2D eigenvalue weighted by atomic mass is 10.3. The molecule has 1 atom stereocenters. The zero-order valence-corrected chi connectivity index (χ0v) is 9.45. The fraction of sp³-hybridized carbons (Fsp3) is 0.300. The van der Waals surface area contributed by atoms with E-state index in [1.54, 1.807) is 17.5 Å². The van der Waals surface area contributed by atoms with Gasteiger partial charge in [-0.2, -0.15) is 5.10 Å². The van der Waals surface area contributed by atoms with Crippen molar-refractivity contribution in [2.24, 2.45) is 0 Å². The Bertz CT molecular complexity index is 426. The molecule has 5 heteroatoms. The van der Waals surface area contributed by atoms with Crippen LogP contribution in [0.15, 0.2) is 24.5 Å². The van der Waals surface area contributed by atoms with E-state index in [1.807, 2.05) is 18.3 Å². The molecule has 15 heavy (non-hydrogen) atoms. The minimum Gasteiger partial charge on any atom is -0.360 e. The third-order valence-electron chi connectivity index (χ3n) is 1.95. The summed E-state index contributed by atoms with van der Waals surface area (Å²) in [5.74, 6) is 0.776. The maximum Gasteiger partial charge on any atom is 0.149 e. The van der Waals surface area contributed by atoms with Crippen molar-refractivity contribution in [3.63, 3.8) is 0 Å². The summed E-state index contributed by atoms with van der Waals surface area (Å²) < 4.78 is 0. The molecule has 0 aliphatic carbocycles. The molecule has 1 unspecified atom stereocenters. The lowest BCUT2D eigenvalue weighted by molar-refractivity contribution is 0.849. The smallest absolute Gasteiger partial charge is 0.149 e. The molecule has 0 aliphatic rings. The maximum absolute atomic E-state index is 4.32. The van der Waals surface area contributed by atoms with Crippen LogP contribution in [0.25, 0.3) is 0 Å². The van der Waals surface area contributed by atoms with Gasteiger partial charge in [0.25, 0.3) is 0 Å². The number of hydrogen-bond acceptors (Lipinski definition) is 5. The average Bonchev–Trinajstić information content (AvgIpc) is 2.66. The van der Waals surface area contributed by atoms with Crippen molar-refractivity contribution in [3.8, 4) is 0 Å². The fourth-order valence-corrected chi connectivity index (χ4v) is 2.01. The molecule has 0 aromatic carbocycles. The highest BCUT2D eigenvalue weighted by molar-refractivity contribution is 7.11. The van der Waals surface area contributed by atoms with E-state index in [2.05, 4.69) is 34.3 Å².